The summed E-state index contributed by atoms with van der Waals surface area (Å²) in [6.45, 7) is 7.72. The summed E-state index contributed by atoms with van der Waals surface area (Å²) in [5, 5.41) is 11.8. The van der Waals surface area contributed by atoms with Crippen LogP contribution in [-0.4, -0.2) is 45.3 Å². The van der Waals surface area contributed by atoms with Crippen molar-refractivity contribution in [3.63, 3.8) is 0 Å². The van der Waals surface area contributed by atoms with E-state index < -0.39 is 6.10 Å². The quantitative estimate of drug-likeness (QED) is 0.632. The second kappa shape index (κ2) is 8.67. The second-order valence-corrected chi connectivity index (χ2v) is 8.38. The Morgan fingerprint density at radius 2 is 2.00 bits per heavy atom. The van der Waals surface area contributed by atoms with Crippen molar-refractivity contribution in [3.8, 4) is 0 Å². The van der Waals surface area contributed by atoms with Crippen LogP contribution in [0, 0.1) is 19.8 Å². The summed E-state index contributed by atoms with van der Waals surface area (Å²) >= 11 is 0. The van der Waals surface area contributed by atoms with Crippen molar-refractivity contribution in [1.82, 2.24) is 14.5 Å². The lowest BCUT2D eigenvalue weighted by Crippen LogP contribution is -2.37. The molecule has 3 aromatic rings. The molecular weight excluding hydrogens is 392 g/mol. The molecule has 1 aliphatic rings. The number of fused-ring (bicyclic) bond motifs is 1. The lowest BCUT2D eigenvalue weighted by Gasteiger charge is -2.36. The number of carbonyl (C=O) groups excluding carboxylic acids is 1. The highest BCUT2D eigenvalue weighted by Gasteiger charge is 2.31. The molecule has 7 nitrogen and oxygen atoms in total. The SMILES string of the molecule is CCOC(=O)c1cnc2c(C)cc(C)cc2c1N1CCC(C(O)c2nccn2C)CC1. The monoisotopic (exact) mass is 422 g/mol. The van der Waals surface area contributed by atoms with Crippen molar-refractivity contribution in [2.24, 2.45) is 13.0 Å². The first-order valence-corrected chi connectivity index (χ1v) is 10.9. The number of benzene rings is 1. The van der Waals surface area contributed by atoms with Gasteiger partial charge >= 0.3 is 5.97 Å². The van der Waals surface area contributed by atoms with Gasteiger partial charge in [0, 0.05) is 44.1 Å². The summed E-state index contributed by atoms with van der Waals surface area (Å²) in [5.74, 6) is 0.479. The van der Waals surface area contributed by atoms with Crippen molar-refractivity contribution in [1.29, 1.82) is 0 Å². The van der Waals surface area contributed by atoms with E-state index in [4.69, 9.17) is 4.74 Å². The number of aromatic nitrogens is 3. The number of aryl methyl sites for hydroxylation is 3. The predicted molar refractivity (Wildman–Crippen MR) is 120 cm³/mol. The molecule has 0 radical (unpaired) electrons. The maximum atomic E-state index is 12.7. The van der Waals surface area contributed by atoms with E-state index in [1.165, 1.54) is 0 Å². The molecule has 3 heterocycles. The smallest absolute Gasteiger partial charge is 0.341 e. The van der Waals surface area contributed by atoms with E-state index >= 15 is 0 Å². The topological polar surface area (TPSA) is 80.5 Å². The molecule has 1 N–H and O–H groups in total. The molecule has 1 aliphatic heterocycles. The van der Waals surface area contributed by atoms with Gasteiger partial charge < -0.3 is 19.3 Å². The highest BCUT2D eigenvalue weighted by molar-refractivity contribution is 6.06. The molecule has 1 fully saturated rings. The first-order chi connectivity index (χ1) is 14.9. The summed E-state index contributed by atoms with van der Waals surface area (Å²) in [6.07, 6.45) is 6.24. The van der Waals surface area contributed by atoms with Crippen molar-refractivity contribution in [2.45, 2.75) is 39.7 Å². The number of anilines is 1. The van der Waals surface area contributed by atoms with Crippen LogP contribution in [0.3, 0.4) is 0 Å². The van der Waals surface area contributed by atoms with Gasteiger partial charge in [0.2, 0.25) is 0 Å². The zero-order chi connectivity index (χ0) is 22.1. The minimum atomic E-state index is -0.592. The molecule has 0 bridgehead atoms. The Labute approximate surface area is 182 Å². The average Bonchev–Trinajstić information content (AvgIpc) is 3.18. The number of ether oxygens (including phenoxy) is 1. The molecule has 31 heavy (non-hydrogen) atoms. The van der Waals surface area contributed by atoms with Gasteiger partial charge in [-0.05, 0) is 51.2 Å². The Kier molecular flexibility index (Phi) is 5.96. The van der Waals surface area contributed by atoms with Crippen molar-refractivity contribution >= 4 is 22.6 Å². The molecular formula is C24H30N4O3. The Bertz CT molecular complexity index is 1100. The van der Waals surface area contributed by atoms with Crippen LogP contribution in [-0.2, 0) is 11.8 Å². The summed E-state index contributed by atoms with van der Waals surface area (Å²) in [5.41, 5.74) is 4.52. The maximum Gasteiger partial charge on any atom is 0.341 e. The lowest BCUT2D eigenvalue weighted by atomic mass is 9.89. The molecule has 0 saturated carbocycles. The summed E-state index contributed by atoms with van der Waals surface area (Å²) in [6, 6.07) is 4.21. The number of aliphatic hydroxyl groups is 1. The fraction of sp³-hybridized carbons (Fsp3) is 0.458. The van der Waals surface area contributed by atoms with Gasteiger partial charge in [0.1, 0.15) is 17.5 Å². The number of aliphatic hydroxyl groups excluding tert-OH is 1. The van der Waals surface area contributed by atoms with Crippen LogP contribution in [0.5, 0.6) is 0 Å². The van der Waals surface area contributed by atoms with E-state index in [-0.39, 0.29) is 11.9 Å². The first kappa shape index (κ1) is 21.3. The second-order valence-electron chi connectivity index (χ2n) is 8.38. The van der Waals surface area contributed by atoms with Gasteiger partial charge in [-0.2, -0.15) is 0 Å². The Balaban J connectivity index is 1.68. The highest BCUT2D eigenvalue weighted by Crippen LogP contribution is 2.37. The number of esters is 1. The minimum Gasteiger partial charge on any atom is -0.462 e. The summed E-state index contributed by atoms with van der Waals surface area (Å²) in [7, 11) is 1.90. The zero-order valence-electron chi connectivity index (χ0n) is 18.6. The molecule has 2 aromatic heterocycles. The fourth-order valence-corrected chi connectivity index (χ4v) is 4.66. The number of carbonyl (C=O) groups is 1. The van der Waals surface area contributed by atoms with Crippen LogP contribution in [0.25, 0.3) is 10.9 Å². The van der Waals surface area contributed by atoms with E-state index in [0.717, 1.165) is 53.6 Å². The van der Waals surface area contributed by atoms with E-state index in [1.807, 2.05) is 31.7 Å². The molecule has 1 atom stereocenters. The molecule has 7 heteroatoms. The van der Waals surface area contributed by atoms with Crippen molar-refractivity contribution in [3.05, 3.63) is 53.2 Å². The fourth-order valence-electron chi connectivity index (χ4n) is 4.66. The van der Waals surface area contributed by atoms with Gasteiger partial charge in [0.05, 0.1) is 17.8 Å². The van der Waals surface area contributed by atoms with Gasteiger partial charge in [-0.25, -0.2) is 9.78 Å². The number of pyridine rings is 1. The van der Waals surface area contributed by atoms with Crippen molar-refractivity contribution < 1.29 is 14.6 Å². The highest BCUT2D eigenvalue weighted by atomic mass is 16.5. The van der Waals surface area contributed by atoms with E-state index in [9.17, 15) is 9.90 Å². The van der Waals surface area contributed by atoms with E-state index in [2.05, 4.69) is 33.9 Å². The molecule has 4 rings (SSSR count). The number of hydrogen-bond donors (Lipinski definition) is 1. The molecule has 0 amide bonds. The number of nitrogens with zero attached hydrogens (tertiary/aromatic N) is 4. The van der Waals surface area contributed by atoms with Crippen LogP contribution in [0.2, 0.25) is 0 Å². The normalized spacial score (nSPS) is 16.0. The third-order valence-electron chi connectivity index (χ3n) is 6.20. The molecule has 164 valence electrons. The van der Waals surface area contributed by atoms with Crippen LogP contribution in [0.4, 0.5) is 5.69 Å². The maximum absolute atomic E-state index is 12.7. The van der Waals surface area contributed by atoms with Crippen molar-refractivity contribution in [2.75, 3.05) is 24.6 Å². The molecule has 0 spiro atoms. The zero-order valence-corrected chi connectivity index (χ0v) is 18.6. The predicted octanol–water partition coefficient (Wildman–Crippen LogP) is 3.71. The van der Waals surface area contributed by atoms with Crippen LogP contribution in [0.15, 0.2) is 30.7 Å². The molecule has 1 unspecified atom stereocenters. The Morgan fingerprint density at radius 3 is 2.65 bits per heavy atom. The van der Waals surface area contributed by atoms with E-state index in [0.29, 0.717) is 18.0 Å². The number of rotatable bonds is 5. The van der Waals surface area contributed by atoms with Gasteiger partial charge in [0.25, 0.3) is 0 Å². The van der Waals surface area contributed by atoms with Crippen LogP contribution in [0.1, 0.15) is 53.2 Å². The standard InChI is InChI=1S/C24H30N4O3/c1-5-31-24(30)19-14-26-20-16(3)12-15(2)13-18(20)21(19)28-9-6-17(7-10-28)22(29)23-25-8-11-27(23)4/h8,11-14,17,22,29H,5-7,9-10H2,1-4H3. The van der Waals surface area contributed by atoms with Gasteiger partial charge in [-0.1, -0.05) is 11.6 Å². The third-order valence-corrected chi connectivity index (χ3v) is 6.20. The minimum absolute atomic E-state index is 0.125. The lowest BCUT2D eigenvalue weighted by molar-refractivity contribution is 0.0526. The van der Waals surface area contributed by atoms with Gasteiger partial charge in [-0.15, -0.1) is 0 Å². The third kappa shape index (κ3) is 4.02. The van der Waals surface area contributed by atoms with Crippen LogP contribution < -0.4 is 4.90 Å². The van der Waals surface area contributed by atoms with Gasteiger partial charge in [0.15, 0.2) is 0 Å². The van der Waals surface area contributed by atoms with Gasteiger partial charge in [-0.3, -0.25) is 4.98 Å². The Morgan fingerprint density at radius 1 is 1.26 bits per heavy atom. The molecule has 1 aromatic carbocycles. The largest absolute Gasteiger partial charge is 0.462 e. The van der Waals surface area contributed by atoms with E-state index in [1.54, 1.807) is 12.4 Å². The summed E-state index contributed by atoms with van der Waals surface area (Å²) in [4.78, 5) is 23.9. The number of piperidine rings is 1. The average molecular weight is 423 g/mol. The summed E-state index contributed by atoms with van der Waals surface area (Å²) < 4.78 is 7.21. The Hall–Kier alpha value is -2.93. The first-order valence-electron chi connectivity index (χ1n) is 10.9. The number of imidazole rings is 1. The molecule has 0 aliphatic carbocycles. The number of hydrogen-bond acceptors (Lipinski definition) is 6. The molecule has 1 saturated heterocycles. The van der Waals surface area contributed by atoms with Crippen LogP contribution >= 0.6 is 0 Å².